The van der Waals surface area contributed by atoms with Gasteiger partial charge >= 0.3 is 0 Å². The first-order valence-corrected chi connectivity index (χ1v) is 4.29. The molecule has 10 heavy (non-hydrogen) atoms. The molecule has 0 saturated carbocycles. The Kier molecular flexibility index (Phi) is 1.66. The van der Waals surface area contributed by atoms with E-state index in [0.717, 1.165) is 12.6 Å². The van der Waals surface area contributed by atoms with Crippen molar-refractivity contribution in [2.45, 2.75) is 44.8 Å². The summed E-state index contributed by atoms with van der Waals surface area (Å²) >= 11 is 0. The molecule has 0 N–H and O–H groups in total. The van der Waals surface area contributed by atoms with E-state index in [4.69, 9.17) is 4.84 Å². The van der Waals surface area contributed by atoms with Crippen LogP contribution in [0.1, 0.15) is 32.6 Å². The SMILES string of the molecule is C[C@H]1C[C@@H]2CCCCN2O1. The molecular formula is C8H15NO. The van der Waals surface area contributed by atoms with E-state index in [1.165, 1.54) is 25.7 Å². The summed E-state index contributed by atoms with van der Waals surface area (Å²) in [6.07, 6.45) is 5.80. The summed E-state index contributed by atoms with van der Waals surface area (Å²) < 4.78 is 0. The van der Waals surface area contributed by atoms with Crippen molar-refractivity contribution < 1.29 is 4.84 Å². The Morgan fingerprint density at radius 3 is 3.10 bits per heavy atom. The van der Waals surface area contributed by atoms with Gasteiger partial charge in [0, 0.05) is 12.6 Å². The topological polar surface area (TPSA) is 12.5 Å². The van der Waals surface area contributed by atoms with Crippen LogP contribution >= 0.6 is 0 Å². The van der Waals surface area contributed by atoms with E-state index in [1.807, 2.05) is 0 Å². The summed E-state index contributed by atoms with van der Waals surface area (Å²) in [5.74, 6) is 0. The van der Waals surface area contributed by atoms with E-state index >= 15 is 0 Å². The number of piperidine rings is 1. The first kappa shape index (κ1) is 6.62. The largest absolute Gasteiger partial charge is 0.296 e. The molecule has 2 saturated heterocycles. The molecule has 0 spiro atoms. The van der Waals surface area contributed by atoms with E-state index in [1.54, 1.807) is 0 Å². The first-order valence-electron chi connectivity index (χ1n) is 4.29. The van der Waals surface area contributed by atoms with Gasteiger partial charge in [-0.05, 0) is 26.2 Å². The number of fused-ring (bicyclic) bond motifs is 1. The second-order valence-electron chi connectivity index (χ2n) is 3.44. The molecule has 0 radical (unpaired) electrons. The van der Waals surface area contributed by atoms with Crippen LogP contribution in [0.4, 0.5) is 0 Å². The minimum Gasteiger partial charge on any atom is -0.296 e. The third-order valence-corrected chi connectivity index (χ3v) is 2.49. The van der Waals surface area contributed by atoms with Crippen LogP contribution in [0.25, 0.3) is 0 Å². The molecule has 2 fully saturated rings. The van der Waals surface area contributed by atoms with E-state index < -0.39 is 0 Å². The van der Waals surface area contributed by atoms with Crippen LogP contribution < -0.4 is 0 Å². The monoisotopic (exact) mass is 141 g/mol. The summed E-state index contributed by atoms with van der Waals surface area (Å²) in [5.41, 5.74) is 0. The molecule has 2 aliphatic heterocycles. The van der Waals surface area contributed by atoms with E-state index in [-0.39, 0.29) is 0 Å². The zero-order valence-electron chi connectivity index (χ0n) is 6.55. The molecule has 2 nitrogen and oxygen atoms in total. The third kappa shape index (κ3) is 1.06. The maximum absolute atomic E-state index is 5.60. The number of nitrogens with zero attached hydrogens (tertiary/aromatic N) is 1. The lowest BCUT2D eigenvalue weighted by molar-refractivity contribution is -0.166. The number of hydrogen-bond acceptors (Lipinski definition) is 2. The molecule has 58 valence electrons. The lowest BCUT2D eigenvalue weighted by Crippen LogP contribution is -2.32. The summed E-state index contributed by atoms with van der Waals surface area (Å²) in [6, 6.07) is 0.753. The van der Waals surface area contributed by atoms with Gasteiger partial charge in [0.1, 0.15) is 0 Å². The van der Waals surface area contributed by atoms with E-state index in [9.17, 15) is 0 Å². The van der Waals surface area contributed by atoms with E-state index in [0.29, 0.717) is 6.10 Å². The van der Waals surface area contributed by atoms with Crippen molar-refractivity contribution in [3.63, 3.8) is 0 Å². The van der Waals surface area contributed by atoms with Crippen LogP contribution in [0.3, 0.4) is 0 Å². The molecule has 2 aliphatic rings. The van der Waals surface area contributed by atoms with Gasteiger partial charge < -0.3 is 0 Å². The summed E-state index contributed by atoms with van der Waals surface area (Å²) in [4.78, 5) is 5.60. The van der Waals surface area contributed by atoms with Crippen molar-refractivity contribution in [2.24, 2.45) is 0 Å². The fourth-order valence-electron chi connectivity index (χ4n) is 2.01. The molecule has 2 rings (SSSR count). The molecule has 0 aromatic carbocycles. The van der Waals surface area contributed by atoms with Crippen molar-refractivity contribution in [3.8, 4) is 0 Å². The molecule has 0 bridgehead atoms. The number of hydrogen-bond donors (Lipinski definition) is 0. The predicted octanol–water partition coefficient (Wildman–Crippen LogP) is 1.56. The van der Waals surface area contributed by atoms with Crippen molar-refractivity contribution in [1.82, 2.24) is 5.06 Å². The van der Waals surface area contributed by atoms with Gasteiger partial charge in [0.25, 0.3) is 0 Å². The molecule has 0 unspecified atom stereocenters. The lowest BCUT2D eigenvalue weighted by atomic mass is 10.0. The van der Waals surface area contributed by atoms with Gasteiger partial charge in [-0.15, -0.1) is 0 Å². The molecule has 0 amide bonds. The van der Waals surface area contributed by atoms with Crippen molar-refractivity contribution >= 4 is 0 Å². The summed E-state index contributed by atoms with van der Waals surface area (Å²) in [6.45, 7) is 3.33. The molecule has 2 heteroatoms. The Morgan fingerprint density at radius 1 is 1.40 bits per heavy atom. The normalized spacial score (nSPS) is 41.7. The third-order valence-electron chi connectivity index (χ3n) is 2.49. The average molecular weight is 141 g/mol. The van der Waals surface area contributed by atoms with Gasteiger partial charge in [0.15, 0.2) is 0 Å². The molecule has 2 atom stereocenters. The molecule has 0 aromatic rings. The molecule has 0 aromatic heterocycles. The van der Waals surface area contributed by atoms with Crippen molar-refractivity contribution in [3.05, 3.63) is 0 Å². The minimum absolute atomic E-state index is 0.475. The van der Waals surface area contributed by atoms with Gasteiger partial charge in [-0.1, -0.05) is 6.42 Å². The maximum atomic E-state index is 5.60. The van der Waals surface area contributed by atoms with Crippen LogP contribution in [0.15, 0.2) is 0 Å². The maximum Gasteiger partial charge on any atom is 0.0781 e. The van der Waals surface area contributed by atoms with Crippen LogP contribution in [0, 0.1) is 0 Å². The Balaban J connectivity index is 1.97. The predicted molar refractivity (Wildman–Crippen MR) is 39.5 cm³/mol. The van der Waals surface area contributed by atoms with E-state index in [2.05, 4.69) is 12.0 Å². The first-order chi connectivity index (χ1) is 4.86. The Bertz CT molecular complexity index is 112. The minimum atomic E-state index is 0.475. The molecule has 2 heterocycles. The van der Waals surface area contributed by atoms with Gasteiger partial charge in [0.2, 0.25) is 0 Å². The zero-order valence-corrected chi connectivity index (χ0v) is 6.55. The smallest absolute Gasteiger partial charge is 0.0781 e. The summed E-state index contributed by atoms with van der Waals surface area (Å²) in [5, 5.41) is 2.19. The van der Waals surface area contributed by atoms with Gasteiger partial charge in [-0.3, -0.25) is 4.84 Å². The standard InChI is InChI=1S/C8H15NO/c1-7-6-8-4-2-3-5-9(8)10-7/h7-8H,2-6H2,1H3/t7-,8-/m0/s1. The highest BCUT2D eigenvalue weighted by atomic mass is 16.7. The average Bonchev–Trinajstić information content (AvgIpc) is 2.27. The second kappa shape index (κ2) is 2.51. The Labute approximate surface area is 62.1 Å². The molecular weight excluding hydrogens is 126 g/mol. The Morgan fingerprint density at radius 2 is 2.30 bits per heavy atom. The number of hydroxylamine groups is 2. The zero-order chi connectivity index (χ0) is 6.97. The second-order valence-corrected chi connectivity index (χ2v) is 3.44. The highest BCUT2D eigenvalue weighted by Crippen LogP contribution is 2.28. The van der Waals surface area contributed by atoms with Gasteiger partial charge in [-0.2, -0.15) is 5.06 Å². The molecule has 0 aliphatic carbocycles. The Hall–Kier alpha value is -0.0800. The quantitative estimate of drug-likeness (QED) is 0.507. The van der Waals surface area contributed by atoms with Gasteiger partial charge in [-0.25, -0.2) is 0 Å². The van der Waals surface area contributed by atoms with Crippen molar-refractivity contribution in [1.29, 1.82) is 0 Å². The summed E-state index contributed by atoms with van der Waals surface area (Å²) in [7, 11) is 0. The van der Waals surface area contributed by atoms with Crippen LogP contribution in [0.5, 0.6) is 0 Å². The highest BCUT2D eigenvalue weighted by Gasteiger charge is 2.32. The van der Waals surface area contributed by atoms with Crippen molar-refractivity contribution in [2.75, 3.05) is 6.54 Å². The van der Waals surface area contributed by atoms with Crippen LogP contribution in [-0.4, -0.2) is 23.8 Å². The lowest BCUT2D eigenvalue weighted by Gasteiger charge is -2.26. The fourth-order valence-corrected chi connectivity index (χ4v) is 2.01. The number of rotatable bonds is 0. The highest BCUT2D eigenvalue weighted by molar-refractivity contribution is 4.78. The van der Waals surface area contributed by atoms with Crippen LogP contribution in [0.2, 0.25) is 0 Å². The van der Waals surface area contributed by atoms with Crippen LogP contribution in [-0.2, 0) is 4.84 Å². The van der Waals surface area contributed by atoms with Gasteiger partial charge in [0.05, 0.1) is 6.10 Å². The fraction of sp³-hybridized carbons (Fsp3) is 1.00.